The molecule has 0 aliphatic rings. The molecule has 0 aliphatic carbocycles. The molecule has 1 unspecified atom stereocenters. The van der Waals surface area contributed by atoms with Crippen LogP contribution in [0.25, 0.3) is 11.1 Å². The molecule has 0 bridgehead atoms. The monoisotopic (exact) mass is 407 g/mol. The molecule has 0 heterocycles. The third kappa shape index (κ3) is 7.86. The predicted octanol–water partition coefficient (Wildman–Crippen LogP) is 5.33. The second-order valence-electron chi connectivity index (χ2n) is 7.77. The number of hydrogen-bond donors (Lipinski definition) is 1. The van der Waals surface area contributed by atoms with Crippen molar-refractivity contribution in [1.82, 2.24) is 5.32 Å². The van der Waals surface area contributed by atoms with Gasteiger partial charge in [0.15, 0.2) is 0 Å². The number of ether oxygens (including phenoxy) is 1. The summed E-state index contributed by atoms with van der Waals surface area (Å²) in [4.78, 5) is 23.6. The van der Waals surface area contributed by atoms with Crippen LogP contribution in [0, 0.1) is 5.92 Å². The smallest absolute Gasteiger partial charge is 0.220 e. The summed E-state index contributed by atoms with van der Waals surface area (Å²) in [5, 5.41) is 3.11. The first kappa shape index (κ1) is 23.4. The van der Waals surface area contributed by atoms with Gasteiger partial charge >= 0.3 is 0 Å². The van der Waals surface area contributed by atoms with E-state index in [4.69, 9.17) is 4.74 Å². The number of carbonyl (C=O) groups is 2. The standard InChI is InChI=1S/C26H33NO3/c1-5-30-21(4)19(2)17-25(27-26(29)16-11-20(3)28)18-22-12-14-24(15-13-22)23-9-7-6-8-10-23/h6-10,12-15,19,25H,4-5,11,16-18H2,1-3H3,(H,27,29)/t19-,25?/m1/s1. The van der Waals surface area contributed by atoms with Gasteiger partial charge in [-0.3, -0.25) is 4.79 Å². The van der Waals surface area contributed by atoms with E-state index in [9.17, 15) is 9.59 Å². The van der Waals surface area contributed by atoms with Gasteiger partial charge in [-0.2, -0.15) is 0 Å². The fourth-order valence-corrected chi connectivity index (χ4v) is 3.42. The molecule has 2 atom stereocenters. The van der Waals surface area contributed by atoms with E-state index in [0.29, 0.717) is 13.0 Å². The number of allylic oxidation sites excluding steroid dienone is 1. The first-order valence-electron chi connectivity index (χ1n) is 10.6. The summed E-state index contributed by atoms with van der Waals surface area (Å²) in [7, 11) is 0. The van der Waals surface area contributed by atoms with Crippen molar-refractivity contribution in [3.8, 4) is 11.1 Å². The van der Waals surface area contributed by atoms with Gasteiger partial charge in [-0.25, -0.2) is 0 Å². The number of benzene rings is 2. The summed E-state index contributed by atoms with van der Waals surface area (Å²) in [6.07, 6.45) is 1.93. The lowest BCUT2D eigenvalue weighted by Crippen LogP contribution is -2.38. The van der Waals surface area contributed by atoms with E-state index in [2.05, 4.69) is 55.2 Å². The van der Waals surface area contributed by atoms with Crippen molar-refractivity contribution in [2.75, 3.05) is 6.61 Å². The topological polar surface area (TPSA) is 55.4 Å². The SMILES string of the molecule is C=C(OCC)[C@H](C)CC(Cc1ccc(-c2ccccc2)cc1)NC(=O)CCC(C)=O. The van der Waals surface area contributed by atoms with Gasteiger partial charge in [0.2, 0.25) is 5.91 Å². The largest absolute Gasteiger partial charge is 0.499 e. The van der Waals surface area contributed by atoms with Crippen LogP contribution in [0.1, 0.15) is 45.6 Å². The lowest BCUT2D eigenvalue weighted by molar-refractivity contribution is -0.125. The zero-order chi connectivity index (χ0) is 21.9. The number of rotatable bonds is 12. The Morgan fingerprint density at radius 1 is 1.00 bits per heavy atom. The van der Waals surface area contributed by atoms with Crippen molar-refractivity contribution in [2.24, 2.45) is 5.92 Å². The van der Waals surface area contributed by atoms with Crippen molar-refractivity contribution in [3.63, 3.8) is 0 Å². The highest BCUT2D eigenvalue weighted by molar-refractivity contribution is 5.83. The van der Waals surface area contributed by atoms with Crippen LogP contribution in [0.2, 0.25) is 0 Å². The number of amides is 1. The Hall–Kier alpha value is -2.88. The van der Waals surface area contributed by atoms with Gasteiger partial charge in [0.25, 0.3) is 0 Å². The zero-order valence-corrected chi connectivity index (χ0v) is 18.3. The van der Waals surface area contributed by atoms with E-state index in [1.54, 1.807) is 0 Å². The zero-order valence-electron chi connectivity index (χ0n) is 18.3. The maximum Gasteiger partial charge on any atom is 0.220 e. The molecule has 1 N–H and O–H groups in total. The van der Waals surface area contributed by atoms with Crippen LogP contribution < -0.4 is 5.32 Å². The molecule has 0 saturated heterocycles. The highest BCUT2D eigenvalue weighted by atomic mass is 16.5. The van der Waals surface area contributed by atoms with Gasteiger partial charge in [-0.15, -0.1) is 0 Å². The molecule has 4 heteroatoms. The first-order valence-corrected chi connectivity index (χ1v) is 10.6. The first-order chi connectivity index (χ1) is 14.4. The molecule has 0 saturated carbocycles. The van der Waals surface area contributed by atoms with Crippen LogP contribution in [0.4, 0.5) is 0 Å². The van der Waals surface area contributed by atoms with Crippen LogP contribution >= 0.6 is 0 Å². The number of Topliss-reactive ketones (excluding diaryl/α,β-unsaturated/α-hetero) is 1. The molecule has 2 rings (SSSR count). The van der Waals surface area contributed by atoms with E-state index in [1.807, 2.05) is 25.1 Å². The molecule has 0 aliphatic heterocycles. The van der Waals surface area contributed by atoms with Crippen LogP contribution in [-0.2, 0) is 20.7 Å². The van der Waals surface area contributed by atoms with E-state index >= 15 is 0 Å². The lowest BCUT2D eigenvalue weighted by atomic mass is 9.94. The number of hydrogen-bond acceptors (Lipinski definition) is 3. The summed E-state index contributed by atoms with van der Waals surface area (Å²) < 4.78 is 5.55. The Bertz CT molecular complexity index is 827. The van der Waals surface area contributed by atoms with Gasteiger partial charge in [0.1, 0.15) is 5.78 Å². The normalized spacial score (nSPS) is 12.6. The number of ketones is 1. The van der Waals surface area contributed by atoms with Gasteiger partial charge in [-0.1, -0.05) is 68.1 Å². The number of carbonyl (C=O) groups excluding carboxylic acids is 2. The molecule has 2 aromatic carbocycles. The lowest BCUT2D eigenvalue weighted by Gasteiger charge is -2.24. The fraction of sp³-hybridized carbons (Fsp3) is 0.385. The van der Waals surface area contributed by atoms with Gasteiger partial charge < -0.3 is 14.8 Å². The molecular formula is C26H33NO3. The molecule has 160 valence electrons. The minimum absolute atomic E-state index is 0.0243. The fourth-order valence-electron chi connectivity index (χ4n) is 3.42. The summed E-state index contributed by atoms with van der Waals surface area (Å²) in [6.45, 7) is 10.1. The second kappa shape index (κ2) is 12.0. The third-order valence-electron chi connectivity index (χ3n) is 5.13. The number of nitrogens with one attached hydrogen (secondary N) is 1. The molecule has 4 nitrogen and oxygen atoms in total. The molecule has 0 spiro atoms. The van der Waals surface area contributed by atoms with E-state index < -0.39 is 0 Å². The van der Waals surface area contributed by atoms with Crippen LogP contribution in [-0.4, -0.2) is 24.3 Å². The maximum atomic E-state index is 12.3. The quantitative estimate of drug-likeness (QED) is 0.484. The Kier molecular flexibility index (Phi) is 9.33. The van der Waals surface area contributed by atoms with Crippen LogP contribution in [0.5, 0.6) is 0 Å². The average Bonchev–Trinajstić information content (AvgIpc) is 2.73. The molecule has 1 amide bonds. The molecule has 0 fully saturated rings. The predicted molar refractivity (Wildman–Crippen MR) is 122 cm³/mol. The average molecular weight is 408 g/mol. The molecule has 2 aromatic rings. The minimum Gasteiger partial charge on any atom is -0.499 e. The molecule has 30 heavy (non-hydrogen) atoms. The van der Waals surface area contributed by atoms with Crippen LogP contribution in [0.3, 0.4) is 0 Å². The molecule has 0 aromatic heterocycles. The molecular weight excluding hydrogens is 374 g/mol. The van der Waals surface area contributed by atoms with Crippen molar-refractivity contribution < 1.29 is 14.3 Å². The van der Waals surface area contributed by atoms with Crippen LogP contribution in [0.15, 0.2) is 66.9 Å². The summed E-state index contributed by atoms with van der Waals surface area (Å²) in [5.74, 6) is 0.785. The van der Waals surface area contributed by atoms with Gasteiger partial charge in [0.05, 0.1) is 12.4 Å². The minimum atomic E-state index is -0.0923. The summed E-state index contributed by atoms with van der Waals surface area (Å²) in [5.41, 5.74) is 3.50. The van der Waals surface area contributed by atoms with E-state index in [-0.39, 0.29) is 36.5 Å². The Morgan fingerprint density at radius 2 is 1.63 bits per heavy atom. The van der Waals surface area contributed by atoms with Crippen molar-refractivity contribution in [1.29, 1.82) is 0 Å². The highest BCUT2D eigenvalue weighted by Gasteiger charge is 2.19. The van der Waals surface area contributed by atoms with Crippen molar-refractivity contribution >= 4 is 11.7 Å². The Morgan fingerprint density at radius 3 is 2.23 bits per heavy atom. The third-order valence-corrected chi connectivity index (χ3v) is 5.13. The van der Waals surface area contributed by atoms with Gasteiger partial charge in [0, 0.05) is 24.8 Å². The summed E-state index contributed by atoms with van der Waals surface area (Å²) >= 11 is 0. The highest BCUT2D eigenvalue weighted by Crippen LogP contribution is 2.22. The second-order valence-corrected chi connectivity index (χ2v) is 7.77. The summed E-state index contributed by atoms with van der Waals surface area (Å²) in [6, 6.07) is 18.6. The Labute approximate surface area is 180 Å². The Balaban J connectivity index is 2.07. The maximum absolute atomic E-state index is 12.3. The van der Waals surface area contributed by atoms with E-state index in [1.165, 1.54) is 18.1 Å². The molecule has 0 radical (unpaired) electrons. The van der Waals surface area contributed by atoms with Crippen molar-refractivity contribution in [2.45, 2.75) is 52.5 Å². The van der Waals surface area contributed by atoms with Crippen molar-refractivity contribution in [3.05, 3.63) is 72.5 Å². The van der Waals surface area contributed by atoms with E-state index in [0.717, 1.165) is 17.7 Å². The van der Waals surface area contributed by atoms with Gasteiger partial charge in [-0.05, 0) is 43.4 Å².